The fourth-order valence-electron chi connectivity index (χ4n) is 7.80. The predicted molar refractivity (Wildman–Crippen MR) is 223 cm³/mol. The molecule has 0 aliphatic carbocycles. The third kappa shape index (κ3) is 6.02. The lowest BCUT2D eigenvalue weighted by atomic mass is 9.97. The Bertz CT molecular complexity index is 2660. The standard InChI is InChI=1S/C46H38N8O4/c1-51-23-24-52(2)43(51)41-35-19-15-31(47-35)39(27-7-11-29(12-8-27)45(55)57-5)33-17-21-37(49-33)42(44-53(3)25-26-54(44)4)38-22-18-34(50-38)40(32-16-20-36(41)48-32)28-9-13-30(14-10-28)46(56)58-6/h7-26H,1-6H3/q+2. The van der Waals surface area contributed by atoms with E-state index in [-0.39, 0.29) is 0 Å². The molecule has 5 aliphatic heterocycles. The molecule has 12 nitrogen and oxygen atoms in total. The summed E-state index contributed by atoms with van der Waals surface area (Å²) in [5.41, 5.74) is 11.5. The average molecular weight is 767 g/mol. The largest absolute Gasteiger partial charge is 0.465 e. The highest BCUT2D eigenvalue weighted by Gasteiger charge is 2.33. The number of ether oxygens (including phenoxy) is 2. The molecule has 7 heterocycles. The number of hydrogen-bond donors (Lipinski definition) is 0. The van der Waals surface area contributed by atoms with Gasteiger partial charge in [-0.15, -0.1) is 0 Å². The minimum absolute atomic E-state index is 0.414. The Balaban J connectivity index is 1.35. The highest BCUT2D eigenvalue weighted by atomic mass is 16.5. The van der Waals surface area contributed by atoms with Gasteiger partial charge in [0, 0.05) is 11.1 Å². The third-order valence-electron chi connectivity index (χ3n) is 10.6. The molecule has 0 amide bonds. The highest BCUT2D eigenvalue weighted by Crippen LogP contribution is 2.38. The van der Waals surface area contributed by atoms with Gasteiger partial charge in [0.05, 0.1) is 99.2 Å². The van der Waals surface area contributed by atoms with Crippen LogP contribution < -0.4 is 9.13 Å². The van der Waals surface area contributed by atoms with Crippen LogP contribution in [0.1, 0.15) is 43.5 Å². The topological polar surface area (TPSA) is 120 Å². The summed E-state index contributed by atoms with van der Waals surface area (Å²) in [6, 6.07) is 14.6. The summed E-state index contributed by atoms with van der Waals surface area (Å²) in [5.74, 6) is 0.979. The van der Waals surface area contributed by atoms with Crippen molar-refractivity contribution in [3.05, 3.63) is 179 Å². The van der Waals surface area contributed by atoms with Gasteiger partial charge in [0.2, 0.25) is 0 Å². The second-order valence-corrected chi connectivity index (χ2v) is 14.2. The number of hydrogen-bond acceptors (Lipinski definition) is 8. The second-order valence-electron chi connectivity index (χ2n) is 14.2. The molecule has 0 fully saturated rings. The second kappa shape index (κ2) is 14.2. The quantitative estimate of drug-likeness (QED) is 0.188. The first-order valence-corrected chi connectivity index (χ1v) is 18.6. The first-order chi connectivity index (χ1) is 28.1. The van der Waals surface area contributed by atoms with Crippen molar-refractivity contribution in [3.8, 4) is 0 Å². The van der Waals surface area contributed by atoms with Crippen LogP contribution in [0, 0.1) is 0 Å². The van der Waals surface area contributed by atoms with Crippen LogP contribution in [-0.2, 0) is 37.7 Å². The number of imidazole rings is 2. The van der Waals surface area contributed by atoms with E-state index in [0.717, 1.165) is 67.9 Å². The fraction of sp³-hybridized carbons (Fsp3) is 0.130. The Labute approximate surface area is 334 Å². The van der Waals surface area contributed by atoms with Gasteiger partial charge in [-0.05, 0) is 84.0 Å². The smallest absolute Gasteiger partial charge is 0.337 e. The number of methoxy groups -OCH3 is 2. The summed E-state index contributed by atoms with van der Waals surface area (Å²) >= 11 is 0. The van der Waals surface area contributed by atoms with Gasteiger partial charge in [0.1, 0.15) is 35.9 Å². The minimum Gasteiger partial charge on any atom is -0.465 e. The Kier molecular flexibility index (Phi) is 8.80. The molecular formula is C46H38N8O4+2. The Morgan fingerprint density at radius 2 is 0.793 bits per heavy atom. The number of aromatic nitrogens is 4. The SMILES string of the molecule is COC(=O)c1ccc(C2=C3C=CC(=N3)C(c3n(C)cc[n+]3C)=C3C=CC(=N3)C(c3ccc(C(=O)OC)cc3)=C3C=CC(=N3)C(c3n(C)cc[n+]3C)=C3C=CC2=N3)cc1. The van der Waals surface area contributed by atoms with E-state index in [1.54, 1.807) is 24.3 Å². The van der Waals surface area contributed by atoms with E-state index >= 15 is 0 Å². The van der Waals surface area contributed by atoms with Crippen LogP contribution >= 0.6 is 0 Å². The van der Waals surface area contributed by atoms with E-state index in [0.29, 0.717) is 33.9 Å². The number of fused-ring (bicyclic) bond motifs is 4. The molecule has 2 aromatic carbocycles. The molecule has 9 rings (SSSR count). The monoisotopic (exact) mass is 766 g/mol. The normalized spacial score (nSPS) is 16.8. The summed E-state index contributed by atoms with van der Waals surface area (Å²) in [6.45, 7) is 0. The zero-order chi connectivity index (χ0) is 40.2. The molecule has 284 valence electrons. The van der Waals surface area contributed by atoms with Gasteiger partial charge in [0.15, 0.2) is 0 Å². The number of aliphatic imine (C=N–C) groups is 4. The Morgan fingerprint density at radius 1 is 0.483 bits per heavy atom. The molecule has 0 atom stereocenters. The first-order valence-electron chi connectivity index (χ1n) is 18.6. The molecule has 4 aromatic rings. The average Bonchev–Trinajstić information content (AvgIpc) is 4.12. The number of carbonyl (C=O) groups excluding carboxylic acids is 2. The van der Waals surface area contributed by atoms with E-state index in [4.69, 9.17) is 29.4 Å². The lowest BCUT2D eigenvalue weighted by Gasteiger charge is -2.12. The van der Waals surface area contributed by atoms with E-state index in [9.17, 15) is 9.59 Å². The van der Waals surface area contributed by atoms with Gasteiger partial charge in [-0.2, -0.15) is 0 Å². The lowest BCUT2D eigenvalue weighted by molar-refractivity contribution is -0.673. The molecule has 0 unspecified atom stereocenters. The Hall–Kier alpha value is -7.60. The maximum Gasteiger partial charge on any atom is 0.337 e. The van der Waals surface area contributed by atoms with Crippen LogP contribution in [0.5, 0.6) is 0 Å². The molecule has 5 aliphatic rings. The van der Waals surface area contributed by atoms with Crippen molar-refractivity contribution in [1.82, 2.24) is 9.13 Å². The molecule has 8 bridgehead atoms. The van der Waals surface area contributed by atoms with Crippen LogP contribution in [0.25, 0.3) is 22.3 Å². The summed E-state index contributed by atoms with van der Waals surface area (Å²) in [5, 5.41) is 0. The van der Waals surface area contributed by atoms with Crippen molar-refractivity contribution in [2.75, 3.05) is 14.2 Å². The number of esters is 2. The van der Waals surface area contributed by atoms with Crippen molar-refractivity contribution in [2.24, 2.45) is 48.2 Å². The van der Waals surface area contributed by atoms with Gasteiger partial charge in [-0.3, -0.25) is 0 Å². The zero-order valence-corrected chi connectivity index (χ0v) is 32.8. The number of benzene rings is 2. The van der Waals surface area contributed by atoms with Crippen LogP contribution in [0.2, 0.25) is 0 Å². The number of allylic oxidation sites excluding steroid dienone is 12. The summed E-state index contributed by atoms with van der Waals surface area (Å²) in [6.07, 6.45) is 24.1. The van der Waals surface area contributed by atoms with Gasteiger partial charge >= 0.3 is 11.9 Å². The van der Waals surface area contributed by atoms with Crippen molar-refractivity contribution in [3.63, 3.8) is 0 Å². The zero-order valence-electron chi connectivity index (χ0n) is 32.8. The maximum atomic E-state index is 12.4. The lowest BCUT2D eigenvalue weighted by Crippen LogP contribution is -2.33. The molecule has 0 saturated heterocycles. The summed E-state index contributed by atoms with van der Waals surface area (Å²) in [7, 11) is 10.8. The van der Waals surface area contributed by atoms with Crippen molar-refractivity contribution >= 4 is 57.1 Å². The van der Waals surface area contributed by atoms with Crippen molar-refractivity contribution in [1.29, 1.82) is 0 Å². The van der Waals surface area contributed by atoms with E-state index in [1.807, 2.05) is 126 Å². The molecule has 58 heavy (non-hydrogen) atoms. The van der Waals surface area contributed by atoms with Crippen molar-refractivity contribution in [2.45, 2.75) is 0 Å². The minimum atomic E-state index is -0.414. The molecule has 0 spiro atoms. The summed E-state index contributed by atoms with van der Waals surface area (Å²) in [4.78, 5) is 46.2. The van der Waals surface area contributed by atoms with E-state index < -0.39 is 11.9 Å². The van der Waals surface area contributed by atoms with Crippen LogP contribution in [0.4, 0.5) is 0 Å². The van der Waals surface area contributed by atoms with E-state index in [1.165, 1.54) is 14.2 Å². The molecule has 0 radical (unpaired) electrons. The molecule has 12 heteroatoms. The van der Waals surface area contributed by atoms with Crippen LogP contribution in [0.15, 0.2) is 165 Å². The molecule has 0 N–H and O–H groups in total. The Morgan fingerprint density at radius 3 is 1.09 bits per heavy atom. The fourth-order valence-corrected chi connectivity index (χ4v) is 7.80. The highest BCUT2D eigenvalue weighted by molar-refractivity contribution is 6.39. The van der Waals surface area contributed by atoms with Gasteiger partial charge < -0.3 is 9.47 Å². The first kappa shape index (κ1) is 36.1. The number of nitrogens with zero attached hydrogens (tertiary/aromatic N) is 8. The molecule has 2 aromatic heterocycles. The summed E-state index contributed by atoms with van der Waals surface area (Å²) < 4.78 is 18.2. The third-order valence-corrected chi connectivity index (χ3v) is 10.6. The van der Waals surface area contributed by atoms with Crippen molar-refractivity contribution < 1.29 is 28.2 Å². The van der Waals surface area contributed by atoms with Crippen LogP contribution in [-0.4, -0.2) is 58.1 Å². The van der Waals surface area contributed by atoms with Gasteiger partial charge in [-0.25, -0.2) is 47.8 Å². The number of rotatable bonds is 6. The molecular weight excluding hydrogens is 729 g/mol. The molecule has 0 saturated carbocycles. The van der Waals surface area contributed by atoms with Gasteiger partial charge in [0.25, 0.3) is 11.6 Å². The maximum absolute atomic E-state index is 12.4. The number of aryl methyl sites for hydroxylation is 4. The number of carbonyl (C=O) groups is 2. The van der Waals surface area contributed by atoms with E-state index in [2.05, 4.69) is 18.3 Å². The predicted octanol–water partition coefficient (Wildman–Crippen LogP) is 5.59. The van der Waals surface area contributed by atoms with Crippen LogP contribution in [0.3, 0.4) is 0 Å². The van der Waals surface area contributed by atoms with Gasteiger partial charge in [-0.1, -0.05) is 24.3 Å².